The van der Waals surface area contributed by atoms with E-state index < -0.39 is 0 Å². The molecular formula is C15H18BrN3O. The summed E-state index contributed by atoms with van der Waals surface area (Å²) in [6.45, 7) is 4.31. The number of nitrogens with zero attached hydrogens (tertiary/aromatic N) is 2. The molecule has 1 aromatic carbocycles. The third kappa shape index (κ3) is 3.10. The first-order valence-corrected chi connectivity index (χ1v) is 7.81. The molecule has 4 nitrogen and oxygen atoms in total. The van der Waals surface area contributed by atoms with E-state index in [2.05, 4.69) is 50.4 Å². The van der Waals surface area contributed by atoms with Gasteiger partial charge in [-0.05, 0) is 56.5 Å². The molecule has 2 aromatic rings. The van der Waals surface area contributed by atoms with Crippen LogP contribution in [0.15, 0.2) is 27.2 Å². The standard InChI is InChI=1S/C15H18BrN3O/c1-10-2-4-12(13(16)8-10)15-18-14(20-19-15)5-3-11-6-7-17-9-11/h2,4,8,11,17H,3,5-7,9H2,1H3. The minimum atomic E-state index is 0.663. The summed E-state index contributed by atoms with van der Waals surface area (Å²) in [6.07, 6.45) is 3.23. The zero-order valence-corrected chi connectivity index (χ0v) is 13.1. The molecule has 0 aliphatic carbocycles. The second-order valence-corrected chi connectivity index (χ2v) is 6.25. The Kier molecular flexibility index (Phi) is 4.17. The zero-order valence-electron chi connectivity index (χ0n) is 11.5. The smallest absolute Gasteiger partial charge is 0.226 e. The van der Waals surface area contributed by atoms with E-state index in [1.807, 2.05) is 6.07 Å². The van der Waals surface area contributed by atoms with Crippen molar-refractivity contribution in [3.63, 3.8) is 0 Å². The molecule has 0 saturated carbocycles. The second kappa shape index (κ2) is 6.06. The van der Waals surface area contributed by atoms with E-state index in [1.165, 1.54) is 12.0 Å². The van der Waals surface area contributed by atoms with Crippen LogP contribution in [-0.4, -0.2) is 23.2 Å². The maximum absolute atomic E-state index is 5.36. The van der Waals surface area contributed by atoms with Crippen molar-refractivity contribution in [2.24, 2.45) is 5.92 Å². The molecule has 1 aliphatic rings. The lowest BCUT2D eigenvalue weighted by atomic mass is 10.0. The van der Waals surface area contributed by atoms with Gasteiger partial charge >= 0.3 is 0 Å². The number of aryl methyl sites for hydroxylation is 2. The van der Waals surface area contributed by atoms with Gasteiger partial charge in [-0.25, -0.2) is 0 Å². The predicted molar refractivity (Wildman–Crippen MR) is 81.5 cm³/mol. The van der Waals surface area contributed by atoms with Gasteiger partial charge in [0.05, 0.1) is 0 Å². The van der Waals surface area contributed by atoms with Crippen LogP contribution in [0.1, 0.15) is 24.3 Å². The quantitative estimate of drug-likeness (QED) is 0.930. The van der Waals surface area contributed by atoms with Gasteiger partial charge in [-0.1, -0.05) is 27.2 Å². The van der Waals surface area contributed by atoms with Gasteiger partial charge < -0.3 is 9.84 Å². The molecule has 20 heavy (non-hydrogen) atoms. The number of aromatic nitrogens is 2. The highest BCUT2D eigenvalue weighted by Gasteiger charge is 2.17. The summed E-state index contributed by atoms with van der Waals surface area (Å²) in [5.74, 6) is 2.15. The zero-order chi connectivity index (χ0) is 13.9. The molecule has 1 saturated heterocycles. The molecule has 5 heteroatoms. The molecule has 1 unspecified atom stereocenters. The van der Waals surface area contributed by atoms with Crippen LogP contribution < -0.4 is 5.32 Å². The number of hydrogen-bond donors (Lipinski definition) is 1. The first-order chi connectivity index (χ1) is 9.72. The Balaban J connectivity index is 1.69. The first kappa shape index (κ1) is 13.8. The van der Waals surface area contributed by atoms with Gasteiger partial charge in [-0.2, -0.15) is 4.98 Å². The lowest BCUT2D eigenvalue weighted by Crippen LogP contribution is -2.09. The maximum Gasteiger partial charge on any atom is 0.226 e. The van der Waals surface area contributed by atoms with Crippen molar-refractivity contribution in [3.8, 4) is 11.4 Å². The SMILES string of the molecule is Cc1ccc(-c2noc(CCC3CCNC3)n2)c(Br)c1. The Hall–Kier alpha value is -1.20. The summed E-state index contributed by atoms with van der Waals surface area (Å²) in [6, 6.07) is 6.14. The maximum atomic E-state index is 5.36. The summed E-state index contributed by atoms with van der Waals surface area (Å²) in [7, 11) is 0. The van der Waals surface area contributed by atoms with Crippen LogP contribution in [0.2, 0.25) is 0 Å². The van der Waals surface area contributed by atoms with E-state index in [1.54, 1.807) is 0 Å². The Labute approximate surface area is 127 Å². The third-order valence-electron chi connectivity index (χ3n) is 3.76. The summed E-state index contributed by atoms with van der Waals surface area (Å²) in [5, 5.41) is 7.47. The van der Waals surface area contributed by atoms with Crippen molar-refractivity contribution in [1.29, 1.82) is 0 Å². The van der Waals surface area contributed by atoms with E-state index in [9.17, 15) is 0 Å². The lowest BCUT2D eigenvalue weighted by molar-refractivity contribution is 0.365. The van der Waals surface area contributed by atoms with Gasteiger partial charge in [-0.15, -0.1) is 0 Å². The van der Waals surface area contributed by atoms with Crippen molar-refractivity contribution < 1.29 is 4.52 Å². The largest absolute Gasteiger partial charge is 0.339 e. The van der Waals surface area contributed by atoms with Crippen molar-refractivity contribution in [3.05, 3.63) is 34.1 Å². The van der Waals surface area contributed by atoms with E-state index in [0.29, 0.717) is 5.82 Å². The monoisotopic (exact) mass is 335 g/mol. The Morgan fingerprint density at radius 3 is 3.10 bits per heavy atom. The molecule has 2 heterocycles. The lowest BCUT2D eigenvalue weighted by Gasteiger charge is -2.04. The fourth-order valence-electron chi connectivity index (χ4n) is 2.56. The normalized spacial score (nSPS) is 18.6. The molecule has 0 spiro atoms. The van der Waals surface area contributed by atoms with Crippen molar-refractivity contribution in [2.45, 2.75) is 26.2 Å². The van der Waals surface area contributed by atoms with E-state index in [4.69, 9.17) is 4.52 Å². The van der Waals surface area contributed by atoms with Gasteiger partial charge in [0.1, 0.15) is 0 Å². The fourth-order valence-corrected chi connectivity index (χ4v) is 3.23. The summed E-state index contributed by atoms with van der Waals surface area (Å²) in [5.41, 5.74) is 2.19. The molecule has 0 amide bonds. The molecule has 0 bridgehead atoms. The Bertz CT molecular complexity index is 591. The molecule has 1 fully saturated rings. The molecule has 3 rings (SSSR count). The highest BCUT2D eigenvalue weighted by atomic mass is 79.9. The Morgan fingerprint density at radius 1 is 1.45 bits per heavy atom. The number of halogens is 1. The van der Waals surface area contributed by atoms with Crippen LogP contribution in [0.3, 0.4) is 0 Å². The van der Waals surface area contributed by atoms with E-state index in [-0.39, 0.29) is 0 Å². The van der Waals surface area contributed by atoms with E-state index in [0.717, 1.165) is 47.8 Å². The van der Waals surface area contributed by atoms with Crippen LogP contribution in [-0.2, 0) is 6.42 Å². The van der Waals surface area contributed by atoms with Crippen LogP contribution >= 0.6 is 15.9 Å². The number of nitrogens with one attached hydrogen (secondary N) is 1. The average Bonchev–Trinajstić information content (AvgIpc) is 3.07. The van der Waals surface area contributed by atoms with Gasteiger partial charge in [0.25, 0.3) is 0 Å². The van der Waals surface area contributed by atoms with Crippen LogP contribution in [0.25, 0.3) is 11.4 Å². The molecule has 1 atom stereocenters. The van der Waals surface area contributed by atoms with Crippen LogP contribution in [0.4, 0.5) is 0 Å². The summed E-state index contributed by atoms with van der Waals surface area (Å²) >= 11 is 3.56. The molecular weight excluding hydrogens is 318 g/mol. The molecule has 1 N–H and O–H groups in total. The molecule has 0 radical (unpaired) electrons. The highest BCUT2D eigenvalue weighted by molar-refractivity contribution is 9.10. The third-order valence-corrected chi connectivity index (χ3v) is 4.42. The van der Waals surface area contributed by atoms with Gasteiger partial charge in [0.15, 0.2) is 0 Å². The minimum absolute atomic E-state index is 0.663. The van der Waals surface area contributed by atoms with Crippen molar-refractivity contribution in [1.82, 2.24) is 15.5 Å². The topological polar surface area (TPSA) is 51.0 Å². The van der Waals surface area contributed by atoms with Crippen molar-refractivity contribution >= 4 is 15.9 Å². The molecule has 1 aliphatic heterocycles. The van der Waals surface area contributed by atoms with Gasteiger partial charge in [0, 0.05) is 16.5 Å². The summed E-state index contributed by atoms with van der Waals surface area (Å²) < 4.78 is 6.37. The number of benzene rings is 1. The highest BCUT2D eigenvalue weighted by Crippen LogP contribution is 2.27. The fraction of sp³-hybridized carbons (Fsp3) is 0.467. The molecule has 106 valence electrons. The minimum Gasteiger partial charge on any atom is -0.339 e. The second-order valence-electron chi connectivity index (χ2n) is 5.39. The van der Waals surface area contributed by atoms with Gasteiger partial charge in [-0.3, -0.25) is 0 Å². The van der Waals surface area contributed by atoms with Crippen LogP contribution in [0, 0.1) is 12.8 Å². The first-order valence-electron chi connectivity index (χ1n) is 7.02. The summed E-state index contributed by atoms with van der Waals surface area (Å²) in [4.78, 5) is 4.50. The predicted octanol–water partition coefficient (Wildman–Crippen LogP) is 3.35. The number of hydrogen-bond acceptors (Lipinski definition) is 4. The molecule has 1 aromatic heterocycles. The van der Waals surface area contributed by atoms with E-state index >= 15 is 0 Å². The Morgan fingerprint density at radius 2 is 2.35 bits per heavy atom. The van der Waals surface area contributed by atoms with Crippen molar-refractivity contribution in [2.75, 3.05) is 13.1 Å². The van der Waals surface area contributed by atoms with Crippen LogP contribution in [0.5, 0.6) is 0 Å². The average molecular weight is 336 g/mol. The van der Waals surface area contributed by atoms with Gasteiger partial charge in [0.2, 0.25) is 11.7 Å². The number of rotatable bonds is 4.